The number of nitrogens with one attached hydrogen (secondary N) is 1. The average molecular weight is 322 g/mol. The molecule has 0 radical (unpaired) electrons. The lowest BCUT2D eigenvalue weighted by molar-refractivity contribution is 0.0467. The second-order valence-electron chi connectivity index (χ2n) is 5.45. The smallest absolute Gasteiger partial charge is 0.338 e. The van der Waals surface area contributed by atoms with Crippen molar-refractivity contribution in [1.82, 2.24) is 10.2 Å². The summed E-state index contributed by atoms with van der Waals surface area (Å²) < 4.78 is 10.4. The summed E-state index contributed by atoms with van der Waals surface area (Å²) >= 11 is 0. The second kappa shape index (κ2) is 7.00. The van der Waals surface area contributed by atoms with Gasteiger partial charge < -0.3 is 9.47 Å². The fourth-order valence-corrected chi connectivity index (χ4v) is 2.26. The van der Waals surface area contributed by atoms with Crippen LogP contribution in [-0.2, 0) is 11.3 Å². The van der Waals surface area contributed by atoms with Crippen LogP contribution in [-0.4, -0.2) is 23.3 Å². The molecule has 2 aromatic carbocycles. The highest BCUT2D eigenvalue weighted by atomic mass is 16.5. The van der Waals surface area contributed by atoms with E-state index in [1.807, 2.05) is 49.4 Å². The van der Waals surface area contributed by atoms with Gasteiger partial charge in [-0.15, -0.1) is 0 Å². The number of hydrogen-bond acceptors (Lipinski definition) is 4. The highest BCUT2D eigenvalue weighted by Gasteiger charge is 2.09. The molecule has 0 unspecified atom stereocenters. The average Bonchev–Trinajstić information content (AvgIpc) is 3.09. The maximum absolute atomic E-state index is 12.0. The number of rotatable bonds is 5. The molecule has 1 heterocycles. The van der Waals surface area contributed by atoms with Crippen LogP contribution in [0.3, 0.4) is 0 Å². The molecule has 0 atom stereocenters. The van der Waals surface area contributed by atoms with E-state index in [1.54, 1.807) is 19.2 Å². The third-order valence-corrected chi connectivity index (χ3v) is 3.66. The van der Waals surface area contributed by atoms with Crippen LogP contribution in [0.15, 0.2) is 54.6 Å². The summed E-state index contributed by atoms with van der Waals surface area (Å²) in [5.74, 6) is 0.442. The van der Waals surface area contributed by atoms with Crippen LogP contribution in [0, 0.1) is 6.92 Å². The maximum Gasteiger partial charge on any atom is 0.338 e. The second-order valence-corrected chi connectivity index (χ2v) is 5.45. The Balaban J connectivity index is 1.63. The molecular formula is C19H18N2O3. The molecule has 0 spiro atoms. The Morgan fingerprint density at radius 1 is 1.08 bits per heavy atom. The summed E-state index contributed by atoms with van der Waals surface area (Å²) in [4.78, 5) is 12.0. The molecular weight excluding hydrogens is 304 g/mol. The van der Waals surface area contributed by atoms with Gasteiger partial charge in [0.25, 0.3) is 0 Å². The lowest BCUT2D eigenvalue weighted by Gasteiger charge is -2.03. The number of hydrogen-bond donors (Lipinski definition) is 1. The highest BCUT2D eigenvalue weighted by Crippen LogP contribution is 2.21. The highest BCUT2D eigenvalue weighted by molar-refractivity contribution is 5.89. The zero-order valence-electron chi connectivity index (χ0n) is 13.6. The van der Waals surface area contributed by atoms with Gasteiger partial charge in [-0.3, -0.25) is 5.10 Å². The van der Waals surface area contributed by atoms with Gasteiger partial charge in [0.1, 0.15) is 12.4 Å². The summed E-state index contributed by atoms with van der Waals surface area (Å²) in [6.45, 7) is 2.12. The molecule has 1 aromatic heterocycles. The largest absolute Gasteiger partial charge is 0.497 e. The number of nitrogens with zero attached hydrogens (tertiary/aromatic N) is 1. The number of aromatic amines is 1. The van der Waals surface area contributed by atoms with Crippen molar-refractivity contribution in [3.8, 4) is 17.0 Å². The van der Waals surface area contributed by atoms with Crippen LogP contribution in [0.2, 0.25) is 0 Å². The summed E-state index contributed by atoms with van der Waals surface area (Å²) in [5.41, 5.74) is 4.13. The monoisotopic (exact) mass is 322 g/mol. The first-order valence-electron chi connectivity index (χ1n) is 7.58. The topological polar surface area (TPSA) is 64.2 Å². The molecule has 0 aliphatic heterocycles. The van der Waals surface area contributed by atoms with E-state index < -0.39 is 0 Å². The number of ether oxygens (including phenoxy) is 2. The van der Waals surface area contributed by atoms with Crippen LogP contribution in [0.25, 0.3) is 11.3 Å². The number of esters is 1. The van der Waals surface area contributed by atoms with Gasteiger partial charge in [-0.2, -0.15) is 5.10 Å². The lowest BCUT2D eigenvalue weighted by Crippen LogP contribution is -2.05. The minimum atomic E-state index is -0.351. The molecule has 0 amide bonds. The summed E-state index contributed by atoms with van der Waals surface area (Å²) in [6, 6.07) is 16.8. The van der Waals surface area contributed by atoms with Crippen molar-refractivity contribution >= 4 is 5.97 Å². The van der Waals surface area contributed by atoms with Crippen molar-refractivity contribution in [2.75, 3.05) is 7.11 Å². The standard InChI is InChI=1S/C19H18N2O3/c1-13-3-5-15(6-4-13)19(22)24-12-16-11-18(21-20-16)14-7-9-17(23-2)10-8-14/h3-11H,12H2,1-2H3,(H,20,21). The molecule has 3 rings (SSSR count). The number of methoxy groups -OCH3 is 1. The molecule has 0 fully saturated rings. The number of carbonyl (C=O) groups is 1. The zero-order chi connectivity index (χ0) is 16.9. The number of aromatic nitrogens is 2. The van der Waals surface area contributed by atoms with Crippen molar-refractivity contribution in [2.45, 2.75) is 13.5 Å². The minimum absolute atomic E-state index is 0.149. The minimum Gasteiger partial charge on any atom is -0.497 e. The molecule has 1 N–H and O–H groups in total. The Hall–Kier alpha value is -3.08. The summed E-state index contributed by atoms with van der Waals surface area (Å²) in [5, 5.41) is 7.14. The number of aryl methyl sites for hydroxylation is 1. The van der Waals surface area contributed by atoms with E-state index in [1.165, 1.54) is 0 Å². The Labute approximate surface area is 140 Å². The molecule has 3 aromatic rings. The van der Waals surface area contributed by atoms with Crippen LogP contribution < -0.4 is 4.74 Å². The Morgan fingerprint density at radius 3 is 2.46 bits per heavy atom. The summed E-state index contributed by atoms with van der Waals surface area (Å²) in [6.07, 6.45) is 0. The Kier molecular flexibility index (Phi) is 4.61. The van der Waals surface area contributed by atoms with Crippen molar-refractivity contribution < 1.29 is 14.3 Å². The van der Waals surface area contributed by atoms with Gasteiger partial charge in [-0.1, -0.05) is 17.7 Å². The first-order valence-corrected chi connectivity index (χ1v) is 7.58. The number of benzene rings is 2. The van der Waals surface area contributed by atoms with E-state index in [4.69, 9.17) is 9.47 Å². The Bertz CT molecular complexity index is 821. The molecule has 0 aliphatic carbocycles. The van der Waals surface area contributed by atoms with Crippen molar-refractivity contribution in [2.24, 2.45) is 0 Å². The predicted octanol–water partition coefficient (Wildman–Crippen LogP) is 3.75. The normalized spacial score (nSPS) is 10.4. The Morgan fingerprint density at radius 2 is 1.79 bits per heavy atom. The lowest BCUT2D eigenvalue weighted by atomic mass is 10.1. The van der Waals surface area contributed by atoms with Gasteiger partial charge in [0, 0.05) is 5.56 Å². The number of H-pyrrole nitrogens is 1. The van der Waals surface area contributed by atoms with Gasteiger partial charge in [0.15, 0.2) is 0 Å². The van der Waals surface area contributed by atoms with Crippen molar-refractivity contribution in [3.63, 3.8) is 0 Å². The first kappa shape index (κ1) is 15.8. The van der Waals surface area contributed by atoms with Crippen molar-refractivity contribution in [3.05, 3.63) is 71.4 Å². The quantitative estimate of drug-likeness (QED) is 0.727. The third kappa shape index (κ3) is 3.63. The molecule has 0 aliphatic rings. The predicted molar refractivity (Wildman–Crippen MR) is 90.9 cm³/mol. The van der Waals surface area contributed by atoms with E-state index in [9.17, 15) is 4.79 Å². The van der Waals surface area contributed by atoms with Gasteiger partial charge in [0.2, 0.25) is 0 Å². The fraction of sp³-hybridized carbons (Fsp3) is 0.158. The molecule has 24 heavy (non-hydrogen) atoms. The molecule has 0 saturated heterocycles. The van der Waals surface area contributed by atoms with Gasteiger partial charge in [0.05, 0.1) is 24.1 Å². The zero-order valence-corrected chi connectivity index (χ0v) is 13.6. The van der Waals surface area contributed by atoms with Crippen LogP contribution in [0.5, 0.6) is 5.75 Å². The van der Waals surface area contributed by atoms with Crippen LogP contribution in [0.1, 0.15) is 21.6 Å². The molecule has 122 valence electrons. The van der Waals surface area contributed by atoms with Gasteiger partial charge >= 0.3 is 5.97 Å². The summed E-state index contributed by atoms with van der Waals surface area (Å²) in [7, 11) is 1.63. The molecule has 5 nitrogen and oxygen atoms in total. The van der Waals surface area contributed by atoms with Crippen LogP contribution in [0.4, 0.5) is 0 Å². The fourth-order valence-electron chi connectivity index (χ4n) is 2.26. The van der Waals surface area contributed by atoms with Crippen LogP contribution >= 0.6 is 0 Å². The van der Waals surface area contributed by atoms with Gasteiger partial charge in [-0.05, 0) is 49.4 Å². The van der Waals surface area contributed by atoms with E-state index in [2.05, 4.69) is 10.2 Å². The van der Waals surface area contributed by atoms with E-state index in [-0.39, 0.29) is 12.6 Å². The molecule has 0 saturated carbocycles. The first-order chi connectivity index (χ1) is 11.7. The van der Waals surface area contributed by atoms with Gasteiger partial charge in [-0.25, -0.2) is 4.79 Å². The molecule has 5 heteroatoms. The molecule has 0 bridgehead atoms. The maximum atomic E-state index is 12.0. The SMILES string of the molecule is COc1ccc(-c2cc(COC(=O)c3ccc(C)cc3)[nH]n2)cc1. The number of carbonyl (C=O) groups excluding carboxylic acids is 1. The third-order valence-electron chi connectivity index (χ3n) is 3.66. The van der Waals surface area contributed by atoms with E-state index in [0.29, 0.717) is 5.56 Å². The van der Waals surface area contributed by atoms with Crippen molar-refractivity contribution in [1.29, 1.82) is 0 Å². The van der Waals surface area contributed by atoms with E-state index >= 15 is 0 Å². The van der Waals surface area contributed by atoms with E-state index in [0.717, 1.165) is 28.3 Å².